The second-order valence-corrected chi connectivity index (χ2v) is 9.24. The molecular weight excluding hydrogens is 435 g/mol. The third-order valence-electron chi connectivity index (χ3n) is 4.68. The Morgan fingerprint density at radius 2 is 1.97 bits per heavy atom. The Hall–Kier alpha value is -2.65. The third-order valence-corrected chi connectivity index (χ3v) is 6.90. The van der Waals surface area contributed by atoms with Crippen LogP contribution >= 0.6 is 11.6 Å². The van der Waals surface area contributed by atoms with Crippen LogP contribution in [0.4, 0.5) is 10.1 Å². The van der Waals surface area contributed by atoms with Gasteiger partial charge in [0.25, 0.3) is 5.91 Å². The first-order valence-electron chi connectivity index (χ1n) is 9.13. The SMILES string of the molecule is CN(Cc1c(F)cccc1Cl)C(=O)COC(=O)c1cccc(N2CCCS2(=O)=O)c1. The number of halogens is 2. The van der Waals surface area contributed by atoms with Crippen LogP contribution in [0.5, 0.6) is 0 Å². The van der Waals surface area contributed by atoms with Crippen molar-refractivity contribution in [3.8, 4) is 0 Å². The molecule has 0 aliphatic carbocycles. The summed E-state index contributed by atoms with van der Waals surface area (Å²) in [6.07, 6.45) is 0.518. The normalized spacial score (nSPS) is 15.1. The van der Waals surface area contributed by atoms with E-state index in [4.69, 9.17) is 16.3 Å². The van der Waals surface area contributed by atoms with Crippen molar-refractivity contribution < 1.29 is 27.1 Å². The number of sulfonamides is 1. The van der Waals surface area contributed by atoms with Crippen LogP contribution in [-0.4, -0.2) is 51.1 Å². The van der Waals surface area contributed by atoms with Crippen LogP contribution in [0.15, 0.2) is 42.5 Å². The highest BCUT2D eigenvalue weighted by molar-refractivity contribution is 7.93. The van der Waals surface area contributed by atoms with E-state index in [0.29, 0.717) is 18.7 Å². The molecule has 1 amide bonds. The van der Waals surface area contributed by atoms with Crippen LogP contribution in [0, 0.1) is 5.82 Å². The monoisotopic (exact) mass is 454 g/mol. The minimum Gasteiger partial charge on any atom is -0.452 e. The first-order chi connectivity index (χ1) is 14.2. The van der Waals surface area contributed by atoms with Crippen molar-refractivity contribution in [3.05, 3.63) is 64.4 Å². The highest BCUT2D eigenvalue weighted by atomic mass is 35.5. The van der Waals surface area contributed by atoms with Crippen LogP contribution in [0.3, 0.4) is 0 Å². The zero-order valence-electron chi connectivity index (χ0n) is 16.2. The van der Waals surface area contributed by atoms with Crippen LogP contribution < -0.4 is 4.31 Å². The number of ether oxygens (including phenoxy) is 1. The molecule has 1 aliphatic heterocycles. The molecule has 0 aromatic heterocycles. The van der Waals surface area contributed by atoms with Crippen molar-refractivity contribution >= 4 is 39.2 Å². The van der Waals surface area contributed by atoms with Gasteiger partial charge in [-0.1, -0.05) is 23.7 Å². The first kappa shape index (κ1) is 22.0. The quantitative estimate of drug-likeness (QED) is 0.627. The van der Waals surface area contributed by atoms with Gasteiger partial charge in [0.05, 0.1) is 17.0 Å². The minimum atomic E-state index is -3.38. The molecule has 3 rings (SSSR count). The molecule has 30 heavy (non-hydrogen) atoms. The van der Waals surface area contributed by atoms with E-state index in [1.165, 1.54) is 46.6 Å². The van der Waals surface area contributed by atoms with E-state index in [1.807, 2.05) is 0 Å². The van der Waals surface area contributed by atoms with Crippen molar-refractivity contribution in [2.45, 2.75) is 13.0 Å². The standard InChI is InChI=1S/C20H20ClFN2O5S/c1-23(12-16-17(21)7-3-8-18(16)22)19(25)13-29-20(26)14-5-2-6-15(11-14)24-9-4-10-30(24,27)28/h2-3,5-8,11H,4,9-10,12-13H2,1H3. The van der Waals surface area contributed by atoms with E-state index in [1.54, 1.807) is 12.1 Å². The minimum absolute atomic E-state index is 0.0640. The zero-order chi connectivity index (χ0) is 21.9. The summed E-state index contributed by atoms with van der Waals surface area (Å²) in [7, 11) is -1.94. The number of anilines is 1. The Kier molecular flexibility index (Phi) is 6.62. The molecule has 1 saturated heterocycles. The van der Waals surface area contributed by atoms with Crippen molar-refractivity contribution in [2.75, 3.05) is 30.3 Å². The molecule has 0 saturated carbocycles. The maximum Gasteiger partial charge on any atom is 0.338 e. The highest BCUT2D eigenvalue weighted by Gasteiger charge is 2.29. The number of rotatable bonds is 6. The molecule has 0 radical (unpaired) electrons. The van der Waals surface area contributed by atoms with Crippen LogP contribution in [-0.2, 0) is 26.1 Å². The third kappa shape index (κ3) is 4.91. The number of amides is 1. The van der Waals surface area contributed by atoms with Gasteiger partial charge in [0.2, 0.25) is 10.0 Å². The summed E-state index contributed by atoms with van der Waals surface area (Å²) in [6, 6.07) is 10.3. The van der Waals surface area contributed by atoms with E-state index in [2.05, 4.69) is 0 Å². The van der Waals surface area contributed by atoms with Crippen molar-refractivity contribution in [1.29, 1.82) is 0 Å². The molecule has 0 atom stereocenters. The topological polar surface area (TPSA) is 84.0 Å². The van der Waals surface area contributed by atoms with Gasteiger partial charge >= 0.3 is 5.97 Å². The van der Waals surface area contributed by atoms with Gasteiger partial charge in [0.1, 0.15) is 5.82 Å². The van der Waals surface area contributed by atoms with E-state index >= 15 is 0 Å². The number of benzene rings is 2. The molecule has 10 heteroatoms. The lowest BCUT2D eigenvalue weighted by Crippen LogP contribution is -2.31. The first-order valence-corrected chi connectivity index (χ1v) is 11.1. The Morgan fingerprint density at radius 3 is 2.63 bits per heavy atom. The van der Waals surface area contributed by atoms with E-state index in [-0.39, 0.29) is 28.4 Å². The zero-order valence-corrected chi connectivity index (χ0v) is 17.7. The number of carbonyl (C=O) groups is 2. The van der Waals surface area contributed by atoms with E-state index in [0.717, 1.165) is 0 Å². The van der Waals surface area contributed by atoms with Gasteiger partial charge in [0, 0.05) is 30.7 Å². The molecule has 0 unspecified atom stereocenters. The predicted molar refractivity (Wildman–Crippen MR) is 110 cm³/mol. The van der Waals surface area contributed by atoms with Gasteiger partial charge in [-0.2, -0.15) is 0 Å². The summed E-state index contributed by atoms with van der Waals surface area (Å²) >= 11 is 5.96. The highest BCUT2D eigenvalue weighted by Crippen LogP contribution is 2.25. The van der Waals surface area contributed by atoms with Gasteiger partial charge in [-0.25, -0.2) is 17.6 Å². The smallest absolute Gasteiger partial charge is 0.338 e. The summed E-state index contributed by atoms with van der Waals surface area (Å²) < 4.78 is 44.3. The Bertz CT molecular complexity index is 1060. The molecule has 0 N–H and O–H groups in total. The second-order valence-electron chi connectivity index (χ2n) is 6.82. The van der Waals surface area contributed by atoms with Crippen LogP contribution in [0.2, 0.25) is 5.02 Å². The maximum atomic E-state index is 13.9. The van der Waals surface area contributed by atoms with Gasteiger partial charge in [-0.15, -0.1) is 0 Å². The van der Waals surface area contributed by atoms with Gasteiger partial charge in [-0.3, -0.25) is 9.10 Å². The number of hydrogen-bond donors (Lipinski definition) is 0. The predicted octanol–water partition coefficient (Wildman–Crippen LogP) is 2.83. The Balaban J connectivity index is 1.61. The second kappa shape index (κ2) is 9.01. The van der Waals surface area contributed by atoms with E-state index in [9.17, 15) is 22.4 Å². The fraction of sp³-hybridized carbons (Fsp3) is 0.300. The van der Waals surface area contributed by atoms with E-state index < -0.39 is 34.3 Å². The average Bonchev–Trinajstić information content (AvgIpc) is 3.07. The van der Waals surface area contributed by atoms with Crippen molar-refractivity contribution in [2.24, 2.45) is 0 Å². The average molecular weight is 455 g/mol. The lowest BCUT2D eigenvalue weighted by atomic mass is 10.2. The fourth-order valence-corrected chi connectivity index (χ4v) is 4.83. The number of likely N-dealkylation sites (N-methyl/N-ethyl adjacent to an activating group) is 1. The summed E-state index contributed by atoms with van der Waals surface area (Å²) in [6.45, 7) is -0.277. The molecule has 0 spiro atoms. The number of hydrogen-bond acceptors (Lipinski definition) is 5. The van der Waals surface area contributed by atoms with Crippen LogP contribution in [0.1, 0.15) is 22.3 Å². The molecule has 1 fully saturated rings. The molecule has 160 valence electrons. The van der Waals surface area contributed by atoms with Crippen molar-refractivity contribution in [1.82, 2.24) is 4.90 Å². The molecule has 1 heterocycles. The van der Waals surface area contributed by atoms with Gasteiger partial charge in [-0.05, 0) is 36.8 Å². The summed E-state index contributed by atoms with van der Waals surface area (Å²) in [5.74, 6) is -1.78. The number of nitrogens with zero attached hydrogens (tertiary/aromatic N) is 2. The van der Waals surface area contributed by atoms with Gasteiger partial charge < -0.3 is 9.64 Å². The molecule has 0 bridgehead atoms. The van der Waals surface area contributed by atoms with Gasteiger partial charge in [0.15, 0.2) is 6.61 Å². The lowest BCUT2D eigenvalue weighted by molar-refractivity contribution is -0.133. The Labute approximate surface area is 179 Å². The molecule has 2 aromatic carbocycles. The lowest BCUT2D eigenvalue weighted by Gasteiger charge is -2.19. The number of carbonyl (C=O) groups excluding carboxylic acids is 2. The molecular formula is C20H20ClFN2O5S. The summed E-state index contributed by atoms with van der Waals surface area (Å²) in [4.78, 5) is 25.8. The van der Waals surface area contributed by atoms with Crippen LogP contribution in [0.25, 0.3) is 0 Å². The summed E-state index contributed by atoms with van der Waals surface area (Å²) in [5, 5.41) is 0.195. The van der Waals surface area contributed by atoms with Crippen molar-refractivity contribution in [3.63, 3.8) is 0 Å². The summed E-state index contributed by atoms with van der Waals surface area (Å²) in [5.41, 5.74) is 0.669. The number of esters is 1. The molecule has 2 aromatic rings. The maximum absolute atomic E-state index is 13.9. The largest absolute Gasteiger partial charge is 0.452 e. The fourth-order valence-electron chi connectivity index (χ4n) is 3.05. The Morgan fingerprint density at radius 1 is 1.23 bits per heavy atom. The molecule has 1 aliphatic rings. The molecule has 7 nitrogen and oxygen atoms in total.